The van der Waals surface area contributed by atoms with Crippen molar-refractivity contribution in [1.29, 1.82) is 0 Å². The highest BCUT2D eigenvalue weighted by Crippen LogP contribution is 2.28. The fourth-order valence-corrected chi connectivity index (χ4v) is 2.77. The smallest absolute Gasteiger partial charge is 0.0669 e. The van der Waals surface area contributed by atoms with Crippen LogP contribution in [0.25, 0.3) is 0 Å². The second kappa shape index (κ2) is 5.00. The number of hydrogen-bond acceptors (Lipinski definition) is 2. The summed E-state index contributed by atoms with van der Waals surface area (Å²) in [4.78, 5) is 1.31. The number of benzene rings is 1. The molecule has 1 atom stereocenters. The van der Waals surface area contributed by atoms with Crippen molar-refractivity contribution in [1.82, 2.24) is 5.32 Å². The molecule has 1 nitrogen and oxygen atoms in total. The third-order valence-corrected chi connectivity index (χ3v) is 3.99. The quantitative estimate of drug-likeness (QED) is 0.869. The average Bonchev–Trinajstić information content (AvgIpc) is 2.78. The second-order valence-corrected chi connectivity index (χ2v) is 5.13. The molecule has 16 heavy (non-hydrogen) atoms. The Labute approximate surface area is 105 Å². The molecule has 0 fully saturated rings. The van der Waals surface area contributed by atoms with E-state index < -0.39 is 0 Å². The van der Waals surface area contributed by atoms with Gasteiger partial charge in [0, 0.05) is 9.90 Å². The predicted molar refractivity (Wildman–Crippen MR) is 71.4 cm³/mol. The fraction of sp³-hybridized carbons (Fsp3) is 0.231. The molecule has 0 aliphatic carbocycles. The maximum absolute atomic E-state index is 6.15. The van der Waals surface area contributed by atoms with Gasteiger partial charge in [0.25, 0.3) is 0 Å². The number of thiophene rings is 1. The van der Waals surface area contributed by atoms with E-state index >= 15 is 0 Å². The highest BCUT2D eigenvalue weighted by atomic mass is 35.5. The van der Waals surface area contributed by atoms with Crippen LogP contribution in [0, 0.1) is 6.92 Å². The van der Waals surface area contributed by atoms with Crippen LogP contribution in [0.2, 0.25) is 5.02 Å². The van der Waals surface area contributed by atoms with Crippen molar-refractivity contribution in [2.75, 3.05) is 7.05 Å². The molecule has 2 rings (SSSR count). The Morgan fingerprint density at radius 1 is 1.31 bits per heavy atom. The zero-order valence-corrected chi connectivity index (χ0v) is 10.9. The Hall–Kier alpha value is -0.830. The van der Waals surface area contributed by atoms with Gasteiger partial charge in [-0.15, -0.1) is 11.3 Å². The Morgan fingerprint density at radius 2 is 2.12 bits per heavy atom. The minimum absolute atomic E-state index is 0.234. The standard InChI is InChI=1S/C13H14ClNS/c1-9-5-6-10(8-11(9)14)13(15-2)12-4-3-7-16-12/h3-8,13,15H,1-2H3. The van der Waals surface area contributed by atoms with Crippen LogP contribution >= 0.6 is 22.9 Å². The summed E-state index contributed by atoms with van der Waals surface area (Å²) in [5, 5.41) is 6.24. The Morgan fingerprint density at radius 3 is 2.69 bits per heavy atom. The van der Waals surface area contributed by atoms with Gasteiger partial charge in [-0.1, -0.05) is 29.8 Å². The fourth-order valence-electron chi connectivity index (χ4n) is 1.72. The molecule has 0 amide bonds. The van der Waals surface area contributed by atoms with Crippen molar-refractivity contribution >= 4 is 22.9 Å². The SMILES string of the molecule is CNC(c1ccc(C)c(Cl)c1)c1cccs1. The molecule has 1 aromatic heterocycles. The molecule has 0 aliphatic heterocycles. The molecule has 84 valence electrons. The topological polar surface area (TPSA) is 12.0 Å². The summed E-state index contributed by atoms with van der Waals surface area (Å²) >= 11 is 7.91. The molecule has 1 N–H and O–H groups in total. The maximum Gasteiger partial charge on any atom is 0.0669 e. The van der Waals surface area contributed by atoms with Crippen LogP contribution in [0.5, 0.6) is 0 Å². The predicted octanol–water partition coefficient (Wildman–Crippen LogP) is 4.02. The van der Waals surface area contributed by atoms with Crippen LogP contribution in [-0.4, -0.2) is 7.05 Å². The van der Waals surface area contributed by atoms with Crippen LogP contribution < -0.4 is 5.32 Å². The summed E-state index contributed by atoms with van der Waals surface area (Å²) in [5.41, 5.74) is 2.33. The van der Waals surface area contributed by atoms with Crippen molar-refractivity contribution in [2.45, 2.75) is 13.0 Å². The van der Waals surface area contributed by atoms with Gasteiger partial charge in [-0.2, -0.15) is 0 Å². The van der Waals surface area contributed by atoms with Gasteiger partial charge in [-0.25, -0.2) is 0 Å². The van der Waals surface area contributed by atoms with Gasteiger partial charge in [0.05, 0.1) is 6.04 Å². The minimum Gasteiger partial charge on any atom is -0.309 e. The molecule has 1 unspecified atom stereocenters. The van der Waals surface area contributed by atoms with Gasteiger partial charge in [0.15, 0.2) is 0 Å². The molecule has 1 heterocycles. The first kappa shape index (κ1) is 11.6. The first-order valence-electron chi connectivity index (χ1n) is 5.19. The average molecular weight is 252 g/mol. The third kappa shape index (κ3) is 2.29. The first-order chi connectivity index (χ1) is 7.72. The highest BCUT2D eigenvalue weighted by Gasteiger charge is 2.13. The van der Waals surface area contributed by atoms with E-state index in [0.29, 0.717) is 0 Å². The Kier molecular flexibility index (Phi) is 3.64. The lowest BCUT2D eigenvalue weighted by molar-refractivity contribution is 0.704. The van der Waals surface area contributed by atoms with Crippen molar-refractivity contribution in [3.63, 3.8) is 0 Å². The van der Waals surface area contributed by atoms with E-state index in [2.05, 4.69) is 35.0 Å². The molecular formula is C13H14ClNS. The van der Waals surface area contributed by atoms with Crippen molar-refractivity contribution in [3.8, 4) is 0 Å². The van der Waals surface area contributed by atoms with Crippen LogP contribution in [0.3, 0.4) is 0 Å². The van der Waals surface area contributed by atoms with E-state index in [0.717, 1.165) is 10.6 Å². The lowest BCUT2D eigenvalue weighted by Crippen LogP contribution is -2.16. The van der Waals surface area contributed by atoms with Crippen LogP contribution in [0.1, 0.15) is 22.0 Å². The molecule has 2 aromatic rings. The van der Waals surface area contributed by atoms with E-state index in [1.165, 1.54) is 10.4 Å². The van der Waals surface area contributed by atoms with Gasteiger partial charge in [0.1, 0.15) is 0 Å². The number of nitrogens with one attached hydrogen (secondary N) is 1. The van der Waals surface area contributed by atoms with E-state index in [4.69, 9.17) is 11.6 Å². The van der Waals surface area contributed by atoms with Gasteiger partial charge in [-0.05, 0) is 42.6 Å². The van der Waals surface area contributed by atoms with E-state index in [1.807, 2.05) is 20.0 Å². The molecule has 0 aliphatic rings. The summed E-state index contributed by atoms with van der Waals surface area (Å²) in [6.45, 7) is 2.02. The maximum atomic E-state index is 6.15. The summed E-state index contributed by atoms with van der Waals surface area (Å²) in [6.07, 6.45) is 0. The van der Waals surface area contributed by atoms with Crippen LogP contribution in [0.15, 0.2) is 35.7 Å². The summed E-state index contributed by atoms with van der Waals surface area (Å²) in [7, 11) is 1.97. The molecule has 0 saturated carbocycles. The normalized spacial score (nSPS) is 12.7. The second-order valence-electron chi connectivity index (χ2n) is 3.75. The molecule has 3 heteroatoms. The van der Waals surface area contributed by atoms with Gasteiger partial charge in [0.2, 0.25) is 0 Å². The molecule has 0 spiro atoms. The summed E-state index contributed by atoms with van der Waals surface area (Å²) < 4.78 is 0. The molecule has 0 bridgehead atoms. The first-order valence-corrected chi connectivity index (χ1v) is 6.45. The lowest BCUT2D eigenvalue weighted by atomic mass is 10.0. The van der Waals surface area contributed by atoms with Crippen LogP contribution in [0.4, 0.5) is 0 Å². The van der Waals surface area contributed by atoms with Gasteiger partial charge < -0.3 is 5.32 Å². The number of halogens is 1. The largest absolute Gasteiger partial charge is 0.309 e. The van der Waals surface area contributed by atoms with Crippen LogP contribution in [-0.2, 0) is 0 Å². The summed E-state index contributed by atoms with van der Waals surface area (Å²) in [5.74, 6) is 0. The molecular weight excluding hydrogens is 238 g/mol. The van der Waals surface area contributed by atoms with E-state index in [-0.39, 0.29) is 6.04 Å². The zero-order chi connectivity index (χ0) is 11.5. The third-order valence-electron chi connectivity index (χ3n) is 2.65. The highest BCUT2D eigenvalue weighted by molar-refractivity contribution is 7.10. The number of aryl methyl sites for hydroxylation is 1. The number of hydrogen-bond donors (Lipinski definition) is 1. The monoisotopic (exact) mass is 251 g/mol. The number of rotatable bonds is 3. The van der Waals surface area contributed by atoms with E-state index in [9.17, 15) is 0 Å². The van der Waals surface area contributed by atoms with Crippen molar-refractivity contribution in [2.24, 2.45) is 0 Å². The summed E-state index contributed by atoms with van der Waals surface area (Å²) in [6, 6.07) is 10.7. The van der Waals surface area contributed by atoms with Crippen molar-refractivity contribution in [3.05, 3.63) is 56.7 Å². The molecule has 1 aromatic carbocycles. The molecule has 0 radical (unpaired) electrons. The van der Waals surface area contributed by atoms with Crippen molar-refractivity contribution < 1.29 is 0 Å². The lowest BCUT2D eigenvalue weighted by Gasteiger charge is -2.15. The van der Waals surface area contributed by atoms with E-state index in [1.54, 1.807) is 11.3 Å². The Bertz CT molecular complexity index is 465. The zero-order valence-electron chi connectivity index (χ0n) is 9.33. The van der Waals surface area contributed by atoms with Gasteiger partial charge in [-0.3, -0.25) is 0 Å². The van der Waals surface area contributed by atoms with Gasteiger partial charge >= 0.3 is 0 Å². The molecule has 0 saturated heterocycles. The Balaban J connectivity index is 2.37. The minimum atomic E-state index is 0.234.